The SMILES string of the molecule is Nc1ccccc1.Nc1ccccc1.[Cr+3].[N-]=C=S.[N-]=C=S.[N-]=C=S.[N-]=C=S.[NH4+]. The van der Waals surface area contributed by atoms with Crippen LogP contribution in [0.4, 0.5) is 11.4 Å². The third-order valence-corrected chi connectivity index (χ3v) is 1.60. The molecule has 0 aliphatic carbocycles. The van der Waals surface area contributed by atoms with E-state index in [2.05, 4.69) is 48.9 Å². The second-order valence-electron chi connectivity index (χ2n) is 3.19. The van der Waals surface area contributed by atoms with Crippen LogP contribution in [-0.4, -0.2) is 20.6 Å². The van der Waals surface area contributed by atoms with Crippen LogP contribution in [0.25, 0.3) is 21.6 Å². The molecule has 0 saturated carbocycles. The third-order valence-electron chi connectivity index (χ3n) is 1.60. The van der Waals surface area contributed by atoms with Gasteiger partial charge < -0.3 is 39.3 Å². The topological polar surface area (TPSA) is 178 Å². The predicted molar refractivity (Wildman–Crippen MR) is 132 cm³/mol. The smallest absolute Gasteiger partial charge is 0.753 e. The molecule has 2 aromatic rings. The van der Waals surface area contributed by atoms with Crippen molar-refractivity contribution in [3.63, 3.8) is 0 Å². The van der Waals surface area contributed by atoms with Gasteiger partial charge in [0.1, 0.15) is 0 Å². The van der Waals surface area contributed by atoms with Crippen LogP contribution in [0.3, 0.4) is 0 Å². The first kappa shape index (κ1) is 40.4. The summed E-state index contributed by atoms with van der Waals surface area (Å²) < 4.78 is 0. The molecule has 0 amide bonds. The number of hydrogen-bond donors (Lipinski definition) is 3. The van der Waals surface area contributed by atoms with Gasteiger partial charge in [-0.1, -0.05) is 85.3 Å². The van der Waals surface area contributed by atoms with Gasteiger partial charge in [-0.2, -0.15) is 20.6 Å². The number of isothiocyanates is 4. The van der Waals surface area contributed by atoms with Gasteiger partial charge in [0.15, 0.2) is 0 Å². The quantitative estimate of drug-likeness (QED) is 0.248. The number of hydrogen-bond acceptors (Lipinski definition) is 6. The summed E-state index contributed by atoms with van der Waals surface area (Å²) in [6, 6.07) is 19.0. The zero-order valence-corrected chi connectivity index (χ0v) is 19.3. The van der Waals surface area contributed by atoms with Gasteiger partial charge in [0.05, 0.1) is 0 Å². The summed E-state index contributed by atoms with van der Waals surface area (Å²) in [5.74, 6) is 0. The Morgan fingerprint density at radius 2 is 0.679 bits per heavy atom. The zero-order chi connectivity index (χ0) is 21.1. The summed E-state index contributed by atoms with van der Waals surface area (Å²) in [5.41, 5.74) is 12.4. The Hall–Kier alpha value is -2.27. The van der Waals surface area contributed by atoms with E-state index in [-0.39, 0.29) is 23.5 Å². The van der Waals surface area contributed by atoms with Crippen molar-refractivity contribution in [2.45, 2.75) is 0 Å². The number of quaternary nitrogens is 1. The van der Waals surface area contributed by atoms with E-state index in [1.54, 1.807) is 0 Å². The number of thiocarbonyl (C=S) groups is 4. The molecule has 0 aliphatic heterocycles. The summed E-state index contributed by atoms with van der Waals surface area (Å²) in [6.45, 7) is 0. The fraction of sp³-hybridized carbons (Fsp3) is 0. The van der Waals surface area contributed by atoms with Crippen molar-refractivity contribution in [1.82, 2.24) is 6.15 Å². The molecule has 0 bridgehead atoms. The minimum Gasteiger partial charge on any atom is -0.753 e. The molecule has 8 N–H and O–H groups in total. The fourth-order valence-corrected chi connectivity index (χ4v) is 0.906. The second kappa shape index (κ2) is 44.3. The Labute approximate surface area is 197 Å². The molecule has 2 aromatic carbocycles. The van der Waals surface area contributed by atoms with Gasteiger partial charge >= 0.3 is 17.4 Å². The molecule has 0 atom stereocenters. The predicted octanol–water partition coefficient (Wildman–Crippen LogP) is 5.55. The third kappa shape index (κ3) is 65.0. The first-order valence-corrected chi connectivity index (χ1v) is 7.74. The number of rotatable bonds is 0. The van der Waals surface area contributed by atoms with Gasteiger partial charge in [-0.15, -0.1) is 0 Å². The molecule has 2 rings (SSSR count). The molecule has 0 heterocycles. The van der Waals surface area contributed by atoms with E-state index in [0.717, 1.165) is 11.4 Å². The average molecular weight is 489 g/mol. The minimum absolute atomic E-state index is 0. The monoisotopic (exact) mass is 488 g/mol. The Morgan fingerprint density at radius 1 is 0.536 bits per heavy atom. The molecular weight excluding hydrogens is 470 g/mol. The summed E-state index contributed by atoms with van der Waals surface area (Å²) >= 11 is 14.8. The molecule has 0 unspecified atom stereocenters. The van der Waals surface area contributed by atoms with E-state index >= 15 is 0 Å². The molecule has 0 saturated heterocycles. The van der Waals surface area contributed by atoms with Crippen molar-refractivity contribution in [3.8, 4) is 0 Å². The van der Waals surface area contributed by atoms with Gasteiger partial charge in [0.2, 0.25) is 0 Å². The van der Waals surface area contributed by atoms with E-state index in [0.29, 0.717) is 0 Å². The number of para-hydroxylation sites is 2. The Bertz CT molecular complexity index is 591. The molecule has 1 radical (unpaired) electrons. The van der Waals surface area contributed by atoms with Crippen LogP contribution in [-0.2, 0) is 17.4 Å². The standard InChI is InChI=1S/2C6H7N.4CNS.Cr.H3N/c2*7-6-4-2-1-3-5-6;4*2-1-3;;/h2*1-5H,7H2;;;;;;1H3/q;;4*-1;+3;/p+1. The number of nitrogen functional groups attached to an aromatic ring is 2. The van der Waals surface area contributed by atoms with Crippen LogP contribution in [0.15, 0.2) is 60.7 Å². The largest absolute Gasteiger partial charge is 3.00 e. The van der Waals surface area contributed by atoms with Crippen LogP contribution in [0.2, 0.25) is 0 Å². The van der Waals surface area contributed by atoms with E-state index in [9.17, 15) is 0 Å². The molecule has 147 valence electrons. The molecular formula is C16H18CrN7S4. The molecule has 12 heteroatoms. The fourth-order valence-electron chi connectivity index (χ4n) is 0.906. The summed E-state index contributed by atoms with van der Waals surface area (Å²) in [7, 11) is 0. The molecule has 0 fully saturated rings. The Kier molecular flexibility index (Phi) is 64.0. The van der Waals surface area contributed by atoms with Crippen LogP contribution in [0.1, 0.15) is 0 Å². The van der Waals surface area contributed by atoms with Gasteiger partial charge in [-0.3, -0.25) is 0 Å². The van der Waals surface area contributed by atoms with E-state index in [4.69, 9.17) is 33.1 Å². The van der Waals surface area contributed by atoms with Crippen LogP contribution < -0.4 is 17.6 Å². The zero-order valence-electron chi connectivity index (χ0n) is 14.8. The van der Waals surface area contributed by atoms with Crippen molar-refractivity contribution in [2.75, 3.05) is 11.5 Å². The normalized spacial score (nSPS) is 5.43. The maximum atomic E-state index is 7.13. The van der Waals surface area contributed by atoms with Gasteiger partial charge in [0, 0.05) is 11.4 Å². The van der Waals surface area contributed by atoms with Crippen LogP contribution in [0, 0.1) is 0 Å². The molecule has 28 heavy (non-hydrogen) atoms. The molecule has 0 spiro atoms. The van der Waals surface area contributed by atoms with Crippen molar-refractivity contribution in [1.29, 1.82) is 0 Å². The van der Waals surface area contributed by atoms with E-state index < -0.39 is 0 Å². The van der Waals surface area contributed by atoms with Crippen molar-refractivity contribution in [3.05, 3.63) is 82.3 Å². The summed E-state index contributed by atoms with van der Waals surface area (Å²) in [6.07, 6.45) is 0. The Morgan fingerprint density at radius 3 is 0.750 bits per heavy atom. The number of benzene rings is 2. The maximum absolute atomic E-state index is 7.13. The summed E-state index contributed by atoms with van der Waals surface area (Å²) in [5, 5.41) is 33.9. The Balaban J connectivity index is -0.0000000543. The van der Waals surface area contributed by atoms with Crippen LogP contribution in [0.5, 0.6) is 0 Å². The van der Waals surface area contributed by atoms with Gasteiger partial charge in [-0.25, -0.2) is 0 Å². The van der Waals surface area contributed by atoms with Crippen LogP contribution >= 0.6 is 48.9 Å². The van der Waals surface area contributed by atoms with E-state index in [1.807, 2.05) is 60.7 Å². The number of nitrogens with two attached hydrogens (primary N) is 2. The average Bonchev–Trinajstić information content (AvgIpc) is 2.60. The molecule has 0 aromatic heterocycles. The molecule has 0 aliphatic rings. The van der Waals surface area contributed by atoms with Crippen molar-refractivity contribution in [2.24, 2.45) is 0 Å². The first-order valence-electron chi connectivity index (χ1n) is 6.11. The van der Waals surface area contributed by atoms with E-state index in [1.165, 1.54) is 20.6 Å². The van der Waals surface area contributed by atoms with Gasteiger partial charge in [0.25, 0.3) is 0 Å². The number of nitrogens with zero attached hydrogens (tertiary/aromatic N) is 4. The van der Waals surface area contributed by atoms with Crippen molar-refractivity contribution < 1.29 is 17.4 Å². The summed E-state index contributed by atoms with van der Waals surface area (Å²) in [4.78, 5) is 0. The minimum atomic E-state index is 0. The number of anilines is 2. The van der Waals surface area contributed by atoms with Crippen molar-refractivity contribution >= 4 is 80.9 Å². The second-order valence-corrected chi connectivity index (χ2v) is 3.92. The maximum Gasteiger partial charge on any atom is 3.00 e. The first-order chi connectivity index (χ1) is 12.4. The van der Waals surface area contributed by atoms with Gasteiger partial charge in [-0.05, 0) is 24.3 Å². The molecule has 7 nitrogen and oxygen atoms in total.